The Bertz CT molecular complexity index is 1310. The number of benzene rings is 2. The molecular formula is C30H32N4O4S. The van der Waals surface area contributed by atoms with Crippen molar-refractivity contribution in [2.45, 2.75) is 38.6 Å². The van der Waals surface area contributed by atoms with Gasteiger partial charge in [-0.15, -0.1) is 11.3 Å². The van der Waals surface area contributed by atoms with Crippen LogP contribution in [-0.2, 0) is 16.0 Å². The van der Waals surface area contributed by atoms with E-state index in [-0.39, 0.29) is 48.4 Å². The minimum atomic E-state index is -0.373. The number of hydrogen-bond donors (Lipinski definition) is 2. The molecule has 202 valence electrons. The standard InChI is InChI=1S/C30H32N4O4S/c1-21(2)34(29(37)26-14-9-17-38-26)19-28(36)33-30-32-24(20-39-30)18-27(35)31-16-15-25(22-10-5-3-6-11-22)23-12-7-4-8-13-23/h3-14,17,20-21,25H,15-16,18-19H2,1-2H3,(H,31,35)(H,32,33,36). The Hall–Kier alpha value is -4.24. The van der Waals surface area contributed by atoms with Crippen LogP contribution in [0.2, 0.25) is 0 Å². The van der Waals surface area contributed by atoms with E-state index in [0.717, 1.165) is 6.42 Å². The second kappa shape index (κ2) is 13.5. The second-order valence-electron chi connectivity index (χ2n) is 9.39. The Kier molecular flexibility index (Phi) is 9.64. The van der Waals surface area contributed by atoms with E-state index in [0.29, 0.717) is 17.4 Å². The number of rotatable bonds is 12. The van der Waals surface area contributed by atoms with E-state index in [2.05, 4.69) is 39.9 Å². The third kappa shape index (κ3) is 7.87. The Morgan fingerprint density at radius 2 is 1.59 bits per heavy atom. The lowest BCUT2D eigenvalue weighted by molar-refractivity contribution is -0.120. The first kappa shape index (κ1) is 27.8. The first-order valence-electron chi connectivity index (χ1n) is 12.9. The molecule has 0 aliphatic carbocycles. The summed E-state index contributed by atoms with van der Waals surface area (Å²) in [4.78, 5) is 43.7. The summed E-state index contributed by atoms with van der Waals surface area (Å²) in [6.45, 7) is 4.04. The van der Waals surface area contributed by atoms with Gasteiger partial charge in [0.25, 0.3) is 5.91 Å². The van der Waals surface area contributed by atoms with Crippen molar-refractivity contribution < 1.29 is 18.8 Å². The first-order valence-corrected chi connectivity index (χ1v) is 13.7. The normalized spacial score (nSPS) is 11.0. The van der Waals surface area contributed by atoms with E-state index in [1.165, 1.54) is 33.6 Å². The molecule has 0 saturated heterocycles. The summed E-state index contributed by atoms with van der Waals surface area (Å²) in [5.41, 5.74) is 2.99. The van der Waals surface area contributed by atoms with Gasteiger partial charge in [-0.1, -0.05) is 60.7 Å². The van der Waals surface area contributed by atoms with Gasteiger partial charge in [-0.2, -0.15) is 0 Å². The van der Waals surface area contributed by atoms with Crippen molar-refractivity contribution in [1.29, 1.82) is 0 Å². The zero-order valence-corrected chi connectivity index (χ0v) is 22.8. The molecule has 0 aliphatic rings. The molecule has 8 nitrogen and oxygen atoms in total. The van der Waals surface area contributed by atoms with E-state index in [1.807, 2.05) is 50.2 Å². The fourth-order valence-corrected chi connectivity index (χ4v) is 5.00. The molecule has 0 aliphatic heterocycles. The lowest BCUT2D eigenvalue weighted by Gasteiger charge is -2.24. The zero-order valence-electron chi connectivity index (χ0n) is 22.0. The van der Waals surface area contributed by atoms with Crippen LogP contribution in [0.15, 0.2) is 88.9 Å². The molecule has 2 N–H and O–H groups in total. The highest BCUT2D eigenvalue weighted by atomic mass is 32.1. The van der Waals surface area contributed by atoms with Crippen LogP contribution in [0.3, 0.4) is 0 Å². The fourth-order valence-electron chi connectivity index (χ4n) is 4.27. The number of aromatic nitrogens is 1. The Morgan fingerprint density at radius 1 is 0.923 bits per heavy atom. The van der Waals surface area contributed by atoms with Gasteiger partial charge in [0.05, 0.1) is 18.4 Å². The molecule has 2 aromatic heterocycles. The lowest BCUT2D eigenvalue weighted by Crippen LogP contribution is -2.42. The number of anilines is 1. The number of amides is 3. The fraction of sp³-hybridized carbons (Fsp3) is 0.267. The number of carbonyl (C=O) groups excluding carboxylic acids is 3. The highest BCUT2D eigenvalue weighted by Crippen LogP contribution is 2.27. The number of nitrogens with zero attached hydrogens (tertiary/aromatic N) is 2. The second-order valence-corrected chi connectivity index (χ2v) is 10.2. The molecule has 2 aromatic carbocycles. The number of carbonyl (C=O) groups is 3. The SMILES string of the molecule is CC(C)N(CC(=O)Nc1nc(CC(=O)NCCC(c2ccccc2)c2ccccc2)cs1)C(=O)c1ccco1. The molecule has 0 spiro atoms. The van der Waals surface area contributed by atoms with Crippen LogP contribution in [0, 0.1) is 0 Å². The van der Waals surface area contributed by atoms with E-state index in [1.54, 1.807) is 17.5 Å². The highest BCUT2D eigenvalue weighted by molar-refractivity contribution is 7.13. The molecule has 4 aromatic rings. The van der Waals surface area contributed by atoms with E-state index >= 15 is 0 Å². The summed E-state index contributed by atoms with van der Waals surface area (Å²) < 4.78 is 5.18. The van der Waals surface area contributed by atoms with Crippen molar-refractivity contribution in [3.05, 3.63) is 107 Å². The summed E-state index contributed by atoms with van der Waals surface area (Å²) >= 11 is 1.24. The van der Waals surface area contributed by atoms with Crippen LogP contribution >= 0.6 is 11.3 Å². The summed E-state index contributed by atoms with van der Waals surface area (Å²) in [5.74, 6) is -0.505. The third-order valence-corrected chi connectivity index (χ3v) is 7.04. The lowest BCUT2D eigenvalue weighted by atomic mass is 9.88. The van der Waals surface area contributed by atoms with Gasteiger partial charge in [-0.05, 0) is 43.5 Å². The van der Waals surface area contributed by atoms with E-state index in [9.17, 15) is 14.4 Å². The summed E-state index contributed by atoms with van der Waals surface area (Å²) in [6.07, 6.45) is 2.30. The van der Waals surface area contributed by atoms with Crippen LogP contribution in [-0.4, -0.2) is 46.7 Å². The summed E-state index contributed by atoms with van der Waals surface area (Å²) in [6, 6.07) is 23.5. The largest absolute Gasteiger partial charge is 0.459 e. The molecule has 0 atom stereocenters. The van der Waals surface area contributed by atoms with Gasteiger partial charge >= 0.3 is 0 Å². The average molecular weight is 545 g/mol. The Balaban J connectivity index is 1.27. The van der Waals surface area contributed by atoms with Gasteiger partial charge in [-0.3, -0.25) is 14.4 Å². The number of nitrogens with one attached hydrogen (secondary N) is 2. The van der Waals surface area contributed by atoms with Gasteiger partial charge < -0.3 is 20.0 Å². The molecule has 9 heteroatoms. The minimum absolute atomic E-state index is 0.114. The number of furan rings is 1. The monoisotopic (exact) mass is 544 g/mol. The maximum absolute atomic E-state index is 12.6. The predicted octanol–water partition coefficient (Wildman–Crippen LogP) is 5.11. The third-order valence-electron chi connectivity index (χ3n) is 6.23. The van der Waals surface area contributed by atoms with Crippen LogP contribution in [0.4, 0.5) is 5.13 Å². The molecular weight excluding hydrogens is 512 g/mol. The Morgan fingerprint density at radius 3 is 2.18 bits per heavy atom. The number of hydrogen-bond acceptors (Lipinski definition) is 6. The molecule has 0 unspecified atom stereocenters. The van der Waals surface area contributed by atoms with Crippen molar-refractivity contribution in [2.75, 3.05) is 18.4 Å². The predicted molar refractivity (Wildman–Crippen MR) is 152 cm³/mol. The molecule has 3 amide bonds. The minimum Gasteiger partial charge on any atom is -0.459 e. The van der Waals surface area contributed by atoms with Crippen molar-refractivity contribution >= 4 is 34.2 Å². The summed E-state index contributed by atoms with van der Waals surface area (Å²) in [5, 5.41) is 7.86. The summed E-state index contributed by atoms with van der Waals surface area (Å²) in [7, 11) is 0. The average Bonchev–Trinajstić information content (AvgIpc) is 3.63. The molecule has 2 heterocycles. The maximum atomic E-state index is 12.6. The Labute approximate surface area is 232 Å². The molecule has 0 radical (unpaired) electrons. The van der Waals surface area contributed by atoms with Crippen LogP contribution < -0.4 is 10.6 Å². The van der Waals surface area contributed by atoms with Crippen molar-refractivity contribution in [3.63, 3.8) is 0 Å². The van der Waals surface area contributed by atoms with Gasteiger partial charge in [0.15, 0.2) is 10.9 Å². The topological polar surface area (TPSA) is 105 Å². The molecule has 0 saturated carbocycles. The van der Waals surface area contributed by atoms with Crippen LogP contribution in [0.1, 0.15) is 53.6 Å². The van der Waals surface area contributed by atoms with Crippen molar-refractivity contribution in [3.8, 4) is 0 Å². The quantitative estimate of drug-likeness (QED) is 0.258. The molecule has 0 bridgehead atoms. The van der Waals surface area contributed by atoms with Gasteiger partial charge in [0, 0.05) is 23.9 Å². The van der Waals surface area contributed by atoms with E-state index in [4.69, 9.17) is 4.42 Å². The molecule has 4 rings (SSSR count). The highest BCUT2D eigenvalue weighted by Gasteiger charge is 2.24. The van der Waals surface area contributed by atoms with Crippen LogP contribution in [0.25, 0.3) is 0 Å². The van der Waals surface area contributed by atoms with Gasteiger partial charge in [-0.25, -0.2) is 4.98 Å². The molecule has 39 heavy (non-hydrogen) atoms. The first-order chi connectivity index (χ1) is 18.9. The number of thiazole rings is 1. The van der Waals surface area contributed by atoms with Crippen molar-refractivity contribution in [1.82, 2.24) is 15.2 Å². The molecule has 0 fully saturated rings. The van der Waals surface area contributed by atoms with Crippen molar-refractivity contribution in [2.24, 2.45) is 0 Å². The van der Waals surface area contributed by atoms with Gasteiger partial charge in [0.1, 0.15) is 6.54 Å². The van der Waals surface area contributed by atoms with Crippen LogP contribution in [0.5, 0.6) is 0 Å². The zero-order chi connectivity index (χ0) is 27.6. The van der Waals surface area contributed by atoms with E-state index < -0.39 is 0 Å². The van der Waals surface area contributed by atoms with Gasteiger partial charge in [0.2, 0.25) is 11.8 Å². The smallest absolute Gasteiger partial charge is 0.290 e. The maximum Gasteiger partial charge on any atom is 0.290 e.